The summed E-state index contributed by atoms with van der Waals surface area (Å²) in [6.07, 6.45) is 0. The monoisotopic (exact) mass is 315 g/mol. The molecule has 2 N–H and O–H groups in total. The predicted octanol–water partition coefficient (Wildman–Crippen LogP) is 3.20. The van der Waals surface area contributed by atoms with Gasteiger partial charge in [0.25, 0.3) is 0 Å². The maximum Gasteiger partial charge on any atom is 0.230 e. The fourth-order valence-electron chi connectivity index (χ4n) is 2.14. The second-order valence-electron chi connectivity index (χ2n) is 5.26. The summed E-state index contributed by atoms with van der Waals surface area (Å²) in [6, 6.07) is 13.8. The van der Waals surface area contributed by atoms with Gasteiger partial charge in [0.1, 0.15) is 0 Å². The highest BCUT2D eigenvalue weighted by Crippen LogP contribution is 2.23. The second kappa shape index (κ2) is 8.01. The van der Waals surface area contributed by atoms with Crippen LogP contribution in [-0.4, -0.2) is 16.8 Å². The molecule has 0 aliphatic carbocycles. The van der Waals surface area contributed by atoms with Crippen molar-refractivity contribution in [2.45, 2.75) is 31.9 Å². The SMILES string of the molecule is Cc1ccc(C)c(SCC(=O)NCc2ccccc2CO)c1. The molecule has 0 atom stereocenters. The average Bonchev–Trinajstić information content (AvgIpc) is 2.54. The van der Waals surface area contributed by atoms with Crippen LogP contribution in [0.5, 0.6) is 0 Å². The summed E-state index contributed by atoms with van der Waals surface area (Å²) in [5.74, 6) is 0.393. The molecule has 2 rings (SSSR count). The number of carbonyl (C=O) groups is 1. The van der Waals surface area contributed by atoms with E-state index in [9.17, 15) is 9.90 Å². The highest BCUT2D eigenvalue weighted by molar-refractivity contribution is 8.00. The Morgan fingerprint density at radius 2 is 1.86 bits per heavy atom. The van der Waals surface area contributed by atoms with Crippen LogP contribution in [0.2, 0.25) is 0 Å². The summed E-state index contributed by atoms with van der Waals surface area (Å²) in [7, 11) is 0. The first-order valence-electron chi connectivity index (χ1n) is 7.24. The lowest BCUT2D eigenvalue weighted by Gasteiger charge is -2.10. The Hall–Kier alpha value is -1.78. The average molecular weight is 315 g/mol. The second-order valence-corrected chi connectivity index (χ2v) is 6.28. The van der Waals surface area contributed by atoms with Crippen molar-refractivity contribution < 1.29 is 9.90 Å². The number of aliphatic hydroxyl groups is 1. The number of thioether (sulfide) groups is 1. The summed E-state index contributed by atoms with van der Waals surface area (Å²) in [5.41, 5.74) is 4.19. The normalized spacial score (nSPS) is 10.5. The van der Waals surface area contributed by atoms with Crippen molar-refractivity contribution in [2.75, 3.05) is 5.75 Å². The Labute approximate surface area is 135 Å². The van der Waals surface area contributed by atoms with Crippen LogP contribution in [0.3, 0.4) is 0 Å². The van der Waals surface area contributed by atoms with E-state index in [1.165, 1.54) is 11.1 Å². The quantitative estimate of drug-likeness (QED) is 0.805. The maximum atomic E-state index is 12.0. The van der Waals surface area contributed by atoms with Crippen LogP contribution in [0.25, 0.3) is 0 Å². The first-order chi connectivity index (χ1) is 10.6. The number of rotatable bonds is 6. The van der Waals surface area contributed by atoms with Crippen molar-refractivity contribution in [3.8, 4) is 0 Å². The molecule has 0 spiro atoms. The molecular formula is C18H21NO2S. The molecular weight excluding hydrogens is 294 g/mol. The molecule has 0 aliphatic heterocycles. The van der Waals surface area contributed by atoms with Gasteiger partial charge >= 0.3 is 0 Å². The van der Waals surface area contributed by atoms with Crippen LogP contribution in [0.15, 0.2) is 47.4 Å². The summed E-state index contributed by atoms with van der Waals surface area (Å²) < 4.78 is 0. The van der Waals surface area contributed by atoms with Gasteiger partial charge in [0.05, 0.1) is 12.4 Å². The van der Waals surface area contributed by atoms with Crippen molar-refractivity contribution >= 4 is 17.7 Å². The van der Waals surface area contributed by atoms with Gasteiger partial charge in [-0.05, 0) is 36.6 Å². The number of hydrogen-bond acceptors (Lipinski definition) is 3. The number of nitrogens with one attached hydrogen (secondary N) is 1. The third-order valence-corrected chi connectivity index (χ3v) is 4.62. The van der Waals surface area contributed by atoms with E-state index in [2.05, 4.69) is 37.4 Å². The van der Waals surface area contributed by atoms with Gasteiger partial charge in [0.15, 0.2) is 0 Å². The lowest BCUT2D eigenvalue weighted by molar-refractivity contribution is -0.118. The van der Waals surface area contributed by atoms with E-state index in [4.69, 9.17) is 0 Å². The van der Waals surface area contributed by atoms with Crippen molar-refractivity contribution in [3.05, 3.63) is 64.7 Å². The molecule has 0 saturated carbocycles. The van der Waals surface area contributed by atoms with E-state index in [0.717, 1.165) is 16.0 Å². The summed E-state index contributed by atoms with van der Waals surface area (Å²) in [6.45, 7) is 4.54. The molecule has 0 fully saturated rings. The van der Waals surface area contributed by atoms with Crippen LogP contribution in [-0.2, 0) is 17.9 Å². The largest absolute Gasteiger partial charge is 0.392 e. The molecule has 2 aromatic rings. The van der Waals surface area contributed by atoms with Gasteiger partial charge in [-0.3, -0.25) is 4.79 Å². The number of benzene rings is 2. The molecule has 1 amide bonds. The zero-order valence-electron chi connectivity index (χ0n) is 12.9. The van der Waals surface area contributed by atoms with Gasteiger partial charge in [-0.2, -0.15) is 0 Å². The van der Waals surface area contributed by atoms with Crippen LogP contribution in [0.1, 0.15) is 22.3 Å². The number of amides is 1. The van der Waals surface area contributed by atoms with Gasteiger partial charge < -0.3 is 10.4 Å². The number of aryl methyl sites for hydroxylation is 2. The molecule has 4 heteroatoms. The van der Waals surface area contributed by atoms with E-state index in [-0.39, 0.29) is 12.5 Å². The van der Waals surface area contributed by atoms with Gasteiger partial charge in [0.2, 0.25) is 5.91 Å². The molecule has 0 bridgehead atoms. The third kappa shape index (κ3) is 4.61. The van der Waals surface area contributed by atoms with Crippen molar-refractivity contribution in [2.24, 2.45) is 0 Å². The van der Waals surface area contributed by atoms with Crippen LogP contribution < -0.4 is 5.32 Å². The van der Waals surface area contributed by atoms with Crippen molar-refractivity contribution in [3.63, 3.8) is 0 Å². The fraction of sp³-hybridized carbons (Fsp3) is 0.278. The minimum atomic E-state index is -0.0106. The molecule has 0 saturated heterocycles. The smallest absolute Gasteiger partial charge is 0.230 e. The zero-order valence-corrected chi connectivity index (χ0v) is 13.7. The molecule has 0 unspecified atom stereocenters. The Kier molecular flexibility index (Phi) is 6.04. The van der Waals surface area contributed by atoms with E-state index >= 15 is 0 Å². The lowest BCUT2D eigenvalue weighted by atomic mass is 10.1. The van der Waals surface area contributed by atoms with E-state index < -0.39 is 0 Å². The first kappa shape index (κ1) is 16.6. The molecule has 0 aromatic heterocycles. The Morgan fingerprint density at radius 3 is 2.59 bits per heavy atom. The lowest BCUT2D eigenvalue weighted by Crippen LogP contribution is -2.25. The molecule has 0 aliphatic rings. The molecule has 22 heavy (non-hydrogen) atoms. The number of carbonyl (C=O) groups excluding carboxylic acids is 1. The van der Waals surface area contributed by atoms with Gasteiger partial charge in [0, 0.05) is 11.4 Å². The molecule has 0 heterocycles. The maximum absolute atomic E-state index is 12.0. The number of hydrogen-bond donors (Lipinski definition) is 2. The van der Waals surface area contributed by atoms with E-state index in [1.54, 1.807) is 11.8 Å². The Bertz CT molecular complexity index is 655. The van der Waals surface area contributed by atoms with Gasteiger partial charge in [-0.25, -0.2) is 0 Å². The number of aliphatic hydroxyl groups excluding tert-OH is 1. The molecule has 116 valence electrons. The van der Waals surface area contributed by atoms with Crippen LogP contribution in [0, 0.1) is 13.8 Å². The Morgan fingerprint density at radius 1 is 1.14 bits per heavy atom. The summed E-state index contributed by atoms with van der Waals surface area (Å²) >= 11 is 1.55. The summed E-state index contributed by atoms with van der Waals surface area (Å²) in [5, 5.41) is 12.2. The highest BCUT2D eigenvalue weighted by Gasteiger charge is 2.07. The minimum absolute atomic E-state index is 0.00125. The standard InChI is InChI=1S/C18H21NO2S/c1-13-7-8-14(2)17(9-13)22-12-18(21)19-10-15-5-3-4-6-16(15)11-20/h3-9,20H,10-12H2,1-2H3,(H,19,21). The molecule has 3 nitrogen and oxygen atoms in total. The van der Waals surface area contributed by atoms with E-state index in [1.807, 2.05) is 24.3 Å². The van der Waals surface area contributed by atoms with Gasteiger partial charge in [-0.15, -0.1) is 11.8 Å². The fourth-order valence-corrected chi connectivity index (χ4v) is 3.09. The van der Waals surface area contributed by atoms with Crippen molar-refractivity contribution in [1.29, 1.82) is 0 Å². The van der Waals surface area contributed by atoms with E-state index in [0.29, 0.717) is 12.3 Å². The molecule has 2 aromatic carbocycles. The van der Waals surface area contributed by atoms with Gasteiger partial charge in [-0.1, -0.05) is 42.0 Å². The summed E-state index contributed by atoms with van der Waals surface area (Å²) in [4.78, 5) is 13.1. The minimum Gasteiger partial charge on any atom is -0.392 e. The molecule has 0 radical (unpaired) electrons. The third-order valence-electron chi connectivity index (χ3n) is 3.47. The highest BCUT2D eigenvalue weighted by atomic mass is 32.2. The predicted molar refractivity (Wildman–Crippen MR) is 90.9 cm³/mol. The Balaban J connectivity index is 1.87. The topological polar surface area (TPSA) is 49.3 Å². The first-order valence-corrected chi connectivity index (χ1v) is 8.23. The van der Waals surface area contributed by atoms with Crippen LogP contribution in [0.4, 0.5) is 0 Å². The zero-order chi connectivity index (χ0) is 15.9. The van der Waals surface area contributed by atoms with Crippen molar-refractivity contribution in [1.82, 2.24) is 5.32 Å². The van der Waals surface area contributed by atoms with Crippen LogP contribution >= 0.6 is 11.8 Å².